The lowest BCUT2D eigenvalue weighted by Gasteiger charge is -2.02. The summed E-state index contributed by atoms with van der Waals surface area (Å²) in [4.78, 5) is 14.5. The number of H-pyrrole nitrogens is 1. The highest BCUT2D eigenvalue weighted by molar-refractivity contribution is 6.30. The summed E-state index contributed by atoms with van der Waals surface area (Å²) in [6.07, 6.45) is 0. The molecule has 0 aliphatic rings. The molecule has 0 saturated heterocycles. The molecule has 0 atom stereocenters. The maximum Gasteiger partial charge on any atom is 0.352 e. The summed E-state index contributed by atoms with van der Waals surface area (Å²) < 4.78 is 5.13. The number of aromatic amines is 1. The highest BCUT2D eigenvalue weighted by Crippen LogP contribution is 2.31. The van der Waals surface area contributed by atoms with Crippen molar-refractivity contribution in [3.63, 3.8) is 0 Å². The summed E-state index contributed by atoms with van der Waals surface area (Å²) in [6.45, 7) is 0. The first-order valence-electron chi connectivity index (χ1n) is 6.95. The number of carboxylic acids is 1. The zero-order valence-electron chi connectivity index (χ0n) is 12.3. The first-order chi connectivity index (χ1) is 11.1. The predicted molar refractivity (Wildman–Crippen MR) is 90.2 cm³/mol. The van der Waals surface area contributed by atoms with Gasteiger partial charge in [-0.25, -0.2) is 4.79 Å². The zero-order chi connectivity index (χ0) is 16.4. The van der Waals surface area contributed by atoms with E-state index >= 15 is 0 Å². The van der Waals surface area contributed by atoms with Crippen molar-refractivity contribution in [3.05, 3.63) is 65.3 Å². The van der Waals surface area contributed by atoms with Crippen LogP contribution in [-0.4, -0.2) is 23.2 Å². The van der Waals surface area contributed by atoms with E-state index in [-0.39, 0.29) is 5.69 Å². The van der Waals surface area contributed by atoms with Crippen LogP contribution in [0.15, 0.2) is 54.6 Å². The molecule has 0 spiro atoms. The minimum absolute atomic E-state index is 0.153. The van der Waals surface area contributed by atoms with Crippen LogP contribution in [0.2, 0.25) is 5.02 Å². The number of ether oxygens (including phenoxy) is 1. The molecule has 0 fully saturated rings. The minimum Gasteiger partial charge on any atom is -0.497 e. The number of aromatic carboxylic acids is 1. The SMILES string of the molecule is COc1ccc(-c2cc(-c3ccc(Cl)cc3)[nH]c2C(=O)O)cc1. The van der Waals surface area contributed by atoms with Gasteiger partial charge in [0.1, 0.15) is 11.4 Å². The lowest BCUT2D eigenvalue weighted by atomic mass is 10.0. The van der Waals surface area contributed by atoms with Crippen molar-refractivity contribution in [2.24, 2.45) is 0 Å². The highest BCUT2D eigenvalue weighted by atomic mass is 35.5. The second kappa shape index (κ2) is 6.18. The zero-order valence-corrected chi connectivity index (χ0v) is 13.1. The van der Waals surface area contributed by atoms with Gasteiger partial charge in [0.15, 0.2) is 0 Å². The third kappa shape index (κ3) is 3.07. The Morgan fingerprint density at radius 3 is 2.22 bits per heavy atom. The fraction of sp³-hybridized carbons (Fsp3) is 0.0556. The smallest absolute Gasteiger partial charge is 0.352 e. The average Bonchev–Trinajstić information content (AvgIpc) is 3.01. The van der Waals surface area contributed by atoms with E-state index in [1.54, 1.807) is 31.4 Å². The van der Waals surface area contributed by atoms with Crippen LogP contribution in [-0.2, 0) is 0 Å². The Morgan fingerprint density at radius 2 is 1.65 bits per heavy atom. The third-order valence-corrected chi connectivity index (χ3v) is 3.84. The Balaban J connectivity index is 2.08. The van der Waals surface area contributed by atoms with Crippen molar-refractivity contribution in [3.8, 4) is 28.1 Å². The summed E-state index contributed by atoms with van der Waals surface area (Å²) in [5.74, 6) is -0.282. The van der Waals surface area contributed by atoms with E-state index in [1.165, 1.54) is 0 Å². The van der Waals surface area contributed by atoms with Crippen LogP contribution in [0.3, 0.4) is 0 Å². The third-order valence-electron chi connectivity index (χ3n) is 3.59. The number of hydrogen-bond donors (Lipinski definition) is 2. The summed E-state index contributed by atoms with van der Waals surface area (Å²) in [5.41, 5.74) is 3.19. The van der Waals surface area contributed by atoms with Gasteiger partial charge in [-0.1, -0.05) is 35.9 Å². The van der Waals surface area contributed by atoms with Crippen LogP contribution in [0.4, 0.5) is 0 Å². The average molecular weight is 328 g/mol. The molecule has 0 radical (unpaired) electrons. The quantitative estimate of drug-likeness (QED) is 0.729. The van der Waals surface area contributed by atoms with Crippen molar-refractivity contribution in [2.75, 3.05) is 7.11 Å². The molecular weight excluding hydrogens is 314 g/mol. The van der Waals surface area contributed by atoms with Gasteiger partial charge < -0.3 is 14.8 Å². The molecule has 1 aromatic heterocycles. The molecule has 0 saturated carbocycles. The second-order valence-corrected chi connectivity index (χ2v) is 5.45. The monoisotopic (exact) mass is 327 g/mol. The molecule has 116 valence electrons. The molecule has 2 N–H and O–H groups in total. The van der Waals surface area contributed by atoms with Crippen LogP contribution in [0.5, 0.6) is 5.75 Å². The van der Waals surface area contributed by atoms with E-state index in [9.17, 15) is 9.90 Å². The van der Waals surface area contributed by atoms with Crippen LogP contribution in [0.1, 0.15) is 10.5 Å². The molecular formula is C18H14ClNO3. The molecule has 0 amide bonds. The number of hydrogen-bond acceptors (Lipinski definition) is 2. The van der Waals surface area contributed by atoms with Gasteiger partial charge in [-0.2, -0.15) is 0 Å². The normalized spacial score (nSPS) is 10.5. The number of rotatable bonds is 4. The number of halogens is 1. The maximum atomic E-state index is 11.5. The summed E-state index contributed by atoms with van der Waals surface area (Å²) in [6, 6.07) is 16.3. The van der Waals surface area contributed by atoms with Gasteiger partial charge in [-0.3, -0.25) is 0 Å². The Hall–Kier alpha value is -2.72. The van der Waals surface area contributed by atoms with E-state index in [4.69, 9.17) is 16.3 Å². The van der Waals surface area contributed by atoms with Crippen molar-refractivity contribution >= 4 is 17.6 Å². The van der Waals surface area contributed by atoms with Gasteiger partial charge in [-0.05, 0) is 41.5 Å². The largest absolute Gasteiger partial charge is 0.497 e. The predicted octanol–water partition coefficient (Wildman–Crippen LogP) is 4.71. The van der Waals surface area contributed by atoms with Crippen molar-refractivity contribution < 1.29 is 14.6 Å². The Bertz CT molecular complexity index is 836. The minimum atomic E-state index is -1.00. The fourth-order valence-corrected chi connectivity index (χ4v) is 2.53. The number of aromatic nitrogens is 1. The van der Waals surface area contributed by atoms with Crippen molar-refractivity contribution in [1.82, 2.24) is 4.98 Å². The van der Waals surface area contributed by atoms with Crippen LogP contribution >= 0.6 is 11.6 Å². The molecule has 23 heavy (non-hydrogen) atoms. The Morgan fingerprint density at radius 1 is 1.04 bits per heavy atom. The molecule has 3 aromatic rings. The lowest BCUT2D eigenvalue weighted by Crippen LogP contribution is -1.98. The van der Waals surface area contributed by atoms with E-state index in [2.05, 4.69) is 4.98 Å². The molecule has 5 heteroatoms. The summed E-state index contributed by atoms with van der Waals surface area (Å²) in [7, 11) is 1.59. The number of nitrogens with one attached hydrogen (secondary N) is 1. The molecule has 0 aliphatic heterocycles. The van der Waals surface area contributed by atoms with Crippen molar-refractivity contribution in [2.45, 2.75) is 0 Å². The maximum absolute atomic E-state index is 11.5. The molecule has 0 aliphatic carbocycles. The van der Waals surface area contributed by atoms with E-state index in [0.29, 0.717) is 10.6 Å². The van der Waals surface area contributed by atoms with E-state index in [1.807, 2.05) is 30.3 Å². The van der Waals surface area contributed by atoms with Gasteiger partial charge in [0.25, 0.3) is 0 Å². The highest BCUT2D eigenvalue weighted by Gasteiger charge is 2.17. The van der Waals surface area contributed by atoms with Crippen molar-refractivity contribution in [1.29, 1.82) is 0 Å². The molecule has 3 rings (SSSR count). The number of methoxy groups -OCH3 is 1. The van der Waals surface area contributed by atoms with Crippen LogP contribution < -0.4 is 4.74 Å². The van der Waals surface area contributed by atoms with Crippen LogP contribution in [0, 0.1) is 0 Å². The Labute approximate surface area is 138 Å². The second-order valence-electron chi connectivity index (χ2n) is 5.01. The van der Waals surface area contributed by atoms with Gasteiger partial charge in [0, 0.05) is 16.3 Å². The fourth-order valence-electron chi connectivity index (χ4n) is 2.41. The first-order valence-corrected chi connectivity index (χ1v) is 7.33. The molecule has 0 unspecified atom stereocenters. The van der Waals surface area contributed by atoms with Crippen LogP contribution in [0.25, 0.3) is 22.4 Å². The van der Waals surface area contributed by atoms with E-state index in [0.717, 1.165) is 22.6 Å². The lowest BCUT2D eigenvalue weighted by molar-refractivity contribution is 0.0692. The topological polar surface area (TPSA) is 62.3 Å². The summed E-state index contributed by atoms with van der Waals surface area (Å²) >= 11 is 5.89. The summed E-state index contributed by atoms with van der Waals surface area (Å²) in [5, 5.41) is 10.1. The molecule has 2 aromatic carbocycles. The molecule has 0 bridgehead atoms. The van der Waals surface area contributed by atoms with Gasteiger partial charge in [0.2, 0.25) is 0 Å². The standard InChI is InChI=1S/C18H14ClNO3/c1-23-14-8-4-11(5-9-14)15-10-16(20-17(15)18(21)22)12-2-6-13(19)7-3-12/h2-10,20H,1H3,(H,21,22). The van der Waals surface area contributed by atoms with E-state index < -0.39 is 5.97 Å². The Kier molecular flexibility index (Phi) is 4.08. The number of carbonyl (C=O) groups is 1. The number of benzene rings is 2. The number of carboxylic acid groups (broad SMARTS) is 1. The van der Waals surface area contributed by atoms with Gasteiger partial charge in [0.05, 0.1) is 7.11 Å². The molecule has 4 nitrogen and oxygen atoms in total. The van der Waals surface area contributed by atoms with Gasteiger partial charge >= 0.3 is 5.97 Å². The first kappa shape index (κ1) is 15.2. The molecule has 1 heterocycles. The van der Waals surface area contributed by atoms with Gasteiger partial charge in [-0.15, -0.1) is 0 Å².